The minimum Gasteiger partial charge on any atom is -0.440 e. The number of nitrogens with one attached hydrogen (secondary N) is 1. The third kappa shape index (κ3) is 3.45. The largest absolute Gasteiger partial charge is 0.440 e. The lowest BCUT2D eigenvalue weighted by Crippen LogP contribution is -2.50. The zero-order valence-corrected chi connectivity index (χ0v) is 14.9. The number of oxazole rings is 1. The number of nitrogens with zero attached hydrogens (tertiary/aromatic N) is 3. The zero-order valence-electron chi connectivity index (χ0n) is 14.9. The molecule has 0 bridgehead atoms. The van der Waals surface area contributed by atoms with Crippen LogP contribution < -0.4 is 5.32 Å². The predicted octanol–water partition coefficient (Wildman–Crippen LogP) is 2.96. The van der Waals surface area contributed by atoms with Gasteiger partial charge in [-0.1, -0.05) is 12.1 Å². The standard InChI is InChI=1S/C20H24N4O2/c21-14-20(9-3-4-10-20)23-18(25)13-24-11-7-15(8-12-24)19-22-16-5-1-2-6-17(16)26-19/h1-2,5-6,15H,3-4,7-13H2,(H,23,25). The second-order valence-corrected chi connectivity index (χ2v) is 7.52. The highest BCUT2D eigenvalue weighted by atomic mass is 16.3. The number of fused-ring (bicyclic) bond motifs is 1. The van der Waals surface area contributed by atoms with Crippen LogP contribution in [0.3, 0.4) is 0 Å². The Morgan fingerprint density at radius 2 is 2.04 bits per heavy atom. The summed E-state index contributed by atoms with van der Waals surface area (Å²) >= 11 is 0. The Labute approximate surface area is 153 Å². The molecule has 1 aliphatic heterocycles. The van der Waals surface area contributed by atoms with Crippen molar-refractivity contribution in [2.24, 2.45) is 0 Å². The molecule has 2 aliphatic rings. The maximum absolute atomic E-state index is 12.4. The Morgan fingerprint density at radius 3 is 2.73 bits per heavy atom. The molecule has 1 aromatic heterocycles. The first-order valence-electron chi connectivity index (χ1n) is 9.48. The van der Waals surface area contributed by atoms with Crippen LogP contribution >= 0.6 is 0 Å². The molecule has 0 radical (unpaired) electrons. The van der Waals surface area contributed by atoms with Gasteiger partial charge in [-0.15, -0.1) is 0 Å². The fraction of sp³-hybridized carbons (Fsp3) is 0.550. The van der Waals surface area contributed by atoms with E-state index in [-0.39, 0.29) is 5.91 Å². The number of carbonyl (C=O) groups is 1. The first-order chi connectivity index (χ1) is 12.7. The first kappa shape index (κ1) is 17.0. The van der Waals surface area contributed by atoms with Gasteiger partial charge in [0.05, 0.1) is 12.6 Å². The van der Waals surface area contributed by atoms with Crippen molar-refractivity contribution >= 4 is 17.0 Å². The Hall–Kier alpha value is -2.39. The van der Waals surface area contributed by atoms with Gasteiger partial charge in [-0.05, 0) is 63.7 Å². The van der Waals surface area contributed by atoms with Crippen LogP contribution in [0.15, 0.2) is 28.7 Å². The topological polar surface area (TPSA) is 82.2 Å². The molecule has 2 fully saturated rings. The molecule has 6 heteroatoms. The average Bonchev–Trinajstić information content (AvgIpc) is 3.29. The quantitative estimate of drug-likeness (QED) is 0.915. The number of aromatic nitrogens is 1. The molecule has 0 spiro atoms. The molecular weight excluding hydrogens is 328 g/mol. The van der Waals surface area contributed by atoms with E-state index in [1.54, 1.807) is 0 Å². The van der Waals surface area contributed by atoms with Gasteiger partial charge in [0.25, 0.3) is 0 Å². The number of carbonyl (C=O) groups excluding carboxylic acids is 1. The molecule has 1 saturated carbocycles. The number of rotatable bonds is 4. The van der Waals surface area contributed by atoms with E-state index in [1.807, 2.05) is 24.3 Å². The number of likely N-dealkylation sites (tertiary alicyclic amines) is 1. The van der Waals surface area contributed by atoms with E-state index in [4.69, 9.17) is 4.42 Å². The Bertz CT molecular complexity index is 791. The molecule has 26 heavy (non-hydrogen) atoms. The fourth-order valence-electron chi connectivity index (χ4n) is 4.16. The monoisotopic (exact) mass is 352 g/mol. The summed E-state index contributed by atoms with van der Waals surface area (Å²) in [5.74, 6) is 1.08. The highest BCUT2D eigenvalue weighted by Crippen LogP contribution is 2.31. The van der Waals surface area contributed by atoms with Gasteiger partial charge in [-0.2, -0.15) is 5.26 Å². The summed E-state index contributed by atoms with van der Waals surface area (Å²) in [6, 6.07) is 10.1. The predicted molar refractivity (Wildman–Crippen MR) is 97.4 cm³/mol. The van der Waals surface area contributed by atoms with Crippen LogP contribution in [0.1, 0.15) is 50.3 Å². The van der Waals surface area contributed by atoms with Gasteiger partial charge >= 0.3 is 0 Å². The van der Waals surface area contributed by atoms with Gasteiger partial charge < -0.3 is 9.73 Å². The number of hydrogen-bond donors (Lipinski definition) is 1. The van der Waals surface area contributed by atoms with Crippen molar-refractivity contribution in [3.63, 3.8) is 0 Å². The number of benzene rings is 1. The van der Waals surface area contributed by atoms with E-state index in [2.05, 4.69) is 21.3 Å². The third-order valence-electron chi connectivity index (χ3n) is 5.66. The molecule has 2 heterocycles. The molecule has 1 aliphatic carbocycles. The average molecular weight is 352 g/mol. The van der Waals surface area contributed by atoms with E-state index < -0.39 is 5.54 Å². The van der Waals surface area contributed by atoms with Crippen LogP contribution in [0, 0.1) is 11.3 Å². The summed E-state index contributed by atoms with van der Waals surface area (Å²) < 4.78 is 5.90. The first-order valence-corrected chi connectivity index (χ1v) is 9.48. The van der Waals surface area contributed by atoms with Gasteiger partial charge in [-0.3, -0.25) is 9.69 Å². The van der Waals surface area contributed by atoms with Crippen molar-refractivity contribution in [3.05, 3.63) is 30.2 Å². The zero-order chi connectivity index (χ0) is 18.0. The van der Waals surface area contributed by atoms with E-state index in [0.29, 0.717) is 12.5 Å². The van der Waals surface area contributed by atoms with Gasteiger partial charge in [0.15, 0.2) is 11.5 Å². The van der Waals surface area contributed by atoms with E-state index in [1.165, 1.54) is 0 Å². The number of nitriles is 1. The maximum Gasteiger partial charge on any atom is 0.235 e. The SMILES string of the molecule is N#CC1(NC(=O)CN2CCC(c3nc4ccccc4o3)CC2)CCCC1. The molecular formula is C20H24N4O2. The van der Waals surface area contributed by atoms with Crippen LogP contribution in [0.2, 0.25) is 0 Å². The lowest BCUT2D eigenvalue weighted by Gasteiger charge is -2.31. The Morgan fingerprint density at radius 1 is 1.31 bits per heavy atom. The summed E-state index contributed by atoms with van der Waals surface area (Å²) in [7, 11) is 0. The summed E-state index contributed by atoms with van der Waals surface area (Å²) in [4.78, 5) is 19.1. The summed E-state index contributed by atoms with van der Waals surface area (Å²) in [6.45, 7) is 2.05. The molecule has 0 unspecified atom stereocenters. The summed E-state index contributed by atoms with van der Waals surface area (Å²) in [6.07, 6.45) is 5.45. The number of piperidine rings is 1. The summed E-state index contributed by atoms with van der Waals surface area (Å²) in [5, 5.41) is 12.4. The van der Waals surface area contributed by atoms with Crippen molar-refractivity contribution in [2.75, 3.05) is 19.6 Å². The minimum absolute atomic E-state index is 0.0336. The number of para-hydroxylation sites is 2. The Kier molecular flexibility index (Phi) is 4.64. The second kappa shape index (κ2) is 7.08. The van der Waals surface area contributed by atoms with Crippen LogP contribution in [0.5, 0.6) is 0 Å². The van der Waals surface area contributed by atoms with E-state index >= 15 is 0 Å². The molecule has 4 rings (SSSR count). The van der Waals surface area contributed by atoms with Crippen molar-refractivity contribution in [1.82, 2.24) is 15.2 Å². The van der Waals surface area contributed by atoms with Crippen LogP contribution in [0.25, 0.3) is 11.1 Å². The molecule has 136 valence electrons. The minimum atomic E-state index is -0.631. The van der Waals surface area contributed by atoms with Gasteiger partial charge in [-0.25, -0.2) is 4.98 Å². The lowest BCUT2D eigenvalue weighted by atomic mass is 9.96. The summed E-state index contributed by atoms with van der Waals surface area (Å²) in [5.41, 5.74) is 1.11. The highest BCUT2D eigenvalue weighted by molar-refractivity contribution is 5.79. The van der Waals surface area contributed by atoms with Gasteiger partial charge in [0.2, 0.25) is 5.91 Å². The fourth-order valence-corrected chi connectivity index (χ4v) is 4.16. The highest BCUT2D eigenvalue weighted by Gasteiger charge is 2.36. The van der Waals surface area contributed by atoms with Crippen molar-refractivity contribution < 1.29 is 9.21 Å². The maximum atomic E-state index is 12.4. The molecule has 1 saturated heterocycles. The Balaban J connectivity index is 1.31. The molecule has 1 aromatic carbocycles. The van der Waals surface area contributed by atoms with Gasteiger partial charge in [0.1, 0.15) is 11.1 Å². The lowest BCUT2D eigenvalue weighted by molar-refractivity contribution is -0.123. The van der Waals surface area contributed by atoms with Gasteiger partial charge in [0, 0.05) is 5.92 Å². The van der Waals surface area contributed by atoms with Crippen molar-refractivity contribution in [2.45, 2.75) is 50.0 Å². The molecule has 2 aromatic rings. The van der Waals surface area contributed by atoms with Crippen LogP contribution in [0.4, 0.5) is 0 Å². The van der Waals surface area contributed by atoms with Crippen molar-refractivity contribution in [1.29, 1.82) is 5.26 Å². The van der Waals surface area contributed by atoms with E-state index in [0.717, 1.165) is 68.6 Å². The molecule has 6 nitrogen and oxygen atoms in total. The van der Waals surface area contributed by atoms with Crippen molar-refractivity contribution in [3.8, 4) is 6.07 Å². The third-order valence-corrected chi connectivity index (χ3v) is 5.66. The molecule has 1 N–H and O–H groups in total. The number of amides is 1. The molecule has 0 atom stereocenters. The molecule has 1 amide bonds. The smallest absolute Gasteiger partial charge is 0.235 e. The van der Waals surface area contributed by atoms with Crippen LogP contribution in [-0.4, -0.2) is 41.0 Å². The van der Waals surface area contributed by atoms with E-state index in [9.17, 15) is 10.1 Å². The normalized spacial score (nSPS) is 20.9. The number of hydrogen-bond acceptors (Lipinski definition) is 5. The van der Waals surface area contributed by atoms with Crippen LogP contribution in [-0.2, 0) is 4.79 Å². The second-order valence-electron chi connectivity index (χ2n) is 7.52.